The highest BCUT2D eigenvalue weighted by Crippen LogP contribution is 2.43. The van der Waals surface area contributed by atoms with E-state index in [1.54, 1.807) is 41.1 Å². The number of aliphatic hydroxyl groups excluding tert-OH is 1. The first-order chi connectivity index (χ1) is 24.9. The van der Waals surface area contributed by atoms with Gasteiger partial charge in [0.15, 0.2) is 6.29 Å². The van der Waals surface area contributed by atoms with E-state index in [0.29, 0.717) is 23.0 Å². The number of benzene rings is 5. The number of aromatic nitrogens is 4. The fourth-order valence-corrected chi connectivity index (χ4v) is 7.14. The van der Waals surface area contributed by atoms with Gasteiger partial charge in [-0.3, -0.25) is 4.79 Å². The first-order valence-corrected chi connectivity index (χ1v) is 17.7. The van der Waals surface area contributed by atoms with E-state index >= 15 is 0 Å². The SMILES string of the molecule is CC1C(CSc2nnnn2-c2ccc(O)cc2)OC(c2cccc(-c3cccc(CNC(=O)c4ccccc4)c3)c2)OC1c1ccc(CO)cc1. The number of tetrazole rings is 1. The Bertz CT molecular complexity index is 2070. The largest absolute Gasteiger partial charge is 0.508 e. The molecule has 10 nitrogen and oxygen atoms in total. The van der Waals surface area contributed by atoms with Crippen molar-refractivity contribution in [2.24, 2.45) is 5.92 Å². The van der Waals surface area contributed by atoms with Crippen molar-refractivity contribution in [2.75, 3.05) is 5.75 Å². The highest BCUT2D eigenvalue weighted by atomic mass is 32.2. The summed E-state index contributed by atoms with van der Waals surface area (Å²) in [7, 11) is 0. The lowest BCUT2D eigenvalue weighted by atomic mass is 9.91. The maximum Gasteiger partial charge on any atom is 0.251 e. The van der Waals surface area contributed by atoms with E-state index in [0.717, 1.165) is 39.1 Å². The summed E-state index contributed by atoms with van der Waals surface area (Å²) in [4.78, 5) is 12.6. The number of aliphatic hydroxyl groups is 1. The topological polar surface area (TPSA) is 132 Å². The summed E-state index contributed by atoms with van der Waals surface area (Å²) in [6, 6.07) is 40.0. The number of hydrogen-bond donors (Lipinski definition) is 3. The van der Waals surface area contributed by atoms with Gasteiger partial charge >= 0.3 is 0 Å². The number of rotatable bonds is 11. The summed E-state index contributed by atoms with van der Waals surface area (Å²) in [6.45, 7) is 2.49. The minimum atomic E-state index is -0.657. The molecule has 1 aliphatic rings. The van der Waals surface area contributed by atoms with Crippen LogP contribution in [0.25, 0.3) is 16.8 Å². The third-order valence-corrected chi connectivity index (χ3v) is 9.95. The fraction of sp³-hybridized carbons (Fsp3) is 0.200. The molecule has 4 atom stereocenters. The molecule has 1 fully saturated rings. The van der Waals surface area contributed by atoms with Crippen molar-refractivity contribution in [1.29, 1.82) is 0 Å². The number of phenolic OH excluding ortho intramolecular Hbond substituents is 1. The molecule has 2 heterocycles. The van der Waals surface area contributed by atoms with Crippen molar-refractivity contribution in [3.8, 4) is 22.6 Å². The molecule has 1 aliphatic heterocycles. The van der Waals surface area contributed by atoms with Crippen molar-refractivity contribution in [2.45, 2.75) is 43.7 Å². The Morgan fingerprint density at radius 1 is 0.824 bits per heavy atom. The number of aromatic hydroxyl groups is 1. The number of nitrogens with one attached hydrogen (secondary N) is 1. The van der Waals surface area contributed by atoms with Gasteiger partial charge in [0.2, 0.25) is 5.16 Å². The monoisotopic (exact) mass is 699 g/mol. The molecular formula is C40H37N5O5S. The molecule has 51 heavy (non-hydrogen) atoms. The molecule has 0 aliphatic carbocycles. The van der Waals surface area contributed by atoms with Crippen LogP contribution in [-0.4, -0.2) is 48.2 Å². The summed E-state index contributed by atoms with van der Waals surface area (Å²) < 4.78 is 15.1. The zero-order valence-electron chi connectivity index (χ0n) is 27.9. The average molecular weight is 700 g/mol. The summed E-state index contributed by atoms with van der Waals surface area (Å²) in [5.41, 5.74) is 7.06. The molecule has 1 saturated heterocycles. The molecule has 11 heteroatoms. The summed E-state index contributed by atoms with van der Waals surface area (Å²) in [6.07, 6.45) is -1.17. The molecule has 1 amide bonds. The Morgan fingerprint density at radius 2 is 1.57 bits per heavy atom. The Kier molecular flexibility index (Phi) is 10.5. The van der Waals surface area contributed by atoms with E-state index in [-0.39, 0.29) is 36.4 Å². The third kappa shape index (κ3) is 8.03. The summed E-state index contributed by atoms with van der Waals surface area (Å²) in [5.74, 6) is 0.575. The Hall–Kier alpha value is -5.33. The molecule has 0 saturated carbocycles. The molecule has 7 rings (SSSR count). The molecule has 3 N–H and O–H groups in total. The Balaban J connectivity index is 1.12. The normalized spacial score (nSPS) is 18.7. The predicted molar refractivity (Wildman–Crippen MR) is 194 cm³/mol. The van der Waals surface area contributed by atoms with Gasteiger partial charge in [0, 0.05) is 29.3 Å². The number of ether oxygens (including phenoxy) is 2. The number of hydrogen-bond acceptors (Lipinski definition) is 9. The third-order valence-electron chi connectivity index (χ3n) is 8.94. The Morgan fingerprint density at radius 3 is 2.33 bits per heavy atom. The average Bonchev–Trinajstić information content (AvgIpc) is 3.66. The number of phenols is 1. The van der Waals surface area contributed by atoms with Crippen molar-refractivity contribution in [3.63, 3.8) is 0 Å². The molecule has 0 spiro atoms. The highest BCUT2D eigenvalue weighted by molar-refractivity contribution is 7.99. The van der Waals surface area contributed by atoms with Gasteiger partial charge in [-0.15, -0.1) is 5.10 Å². The van der Waals surface area contributed by atoms with Crippen LogP contribution < -0.4 is 5.32 Å². The minimum Gasteiger partial charge on any atom is -0.508 e. The number of thioether (sulfide) groups is 1. The van der Waals surface area contributed by atoms with Crippen LogP contribution in [0.3, 0.4) is 0 Å². The van der Waals surface area contributed by atoms with Gasteiger partial charge in [0.05, 0.1) is 24.5 Å². The fourth-order valence-electron chi connectivity index (χ4n) is 6.09. The van der Waals surface area contributed by atoms with Crippen LogP contribution in [0.1, 0.15) is 51.9 Å². The van der Waals surface area contributed by atoms with Crippen LogP contribution in [0, 0.1) is 5.92 Å². The van der Waals surface area contributed by atoms with Crippen LogP contribution in [0.2, 0.25) is 0 Å². The van der Waals surface area contributed by atoms with Crippen molar-refractivity contribution in [3.05, 3.63) is 155 Å². The summed E-state index contributed by atoms with van der Waals surface area (Å²) in [5, 5.41) is 35.3. The first kappa shape index (κ1) is 34.1. The van der Waals surface area contributed by atoms with E-state index in [1.165, 1.54) is 11.8 Å². The number of carbonyl (C=O) groups excluding carboxylic acids is 1. The lowest BCUT2D eigenvalue weighted by Crippen LogP contribution is -2.38. The Labute approximate surface area is 300 Å². The summed E-state index contributed by atoms with van der Waals surface area (Å²) >= 11 is 1.49. The number of carbonyl (C=O) groups is 1. The molecule has 4 unspecified atom stereocenters. The van der Waals surface area contributed by atoms with Crippen LogP contribution in [0.15, 0.2) is 133 Å². The van der Waals surface area contributed by atoms with E-state index < -0.39 is 6.29 Å². The zero-order valence-corrected chi connectivity index (χ0v) is 28.7. The zero-order chi connectivity index (χ0) is 35.2. The standard InChI is InChI=1S/C40H37N5O5S/c1-26-36(25-51-40-42-43-44-45(40)34-17-19-35(47)20-18-34)49-39(50-37(26)29-15-13-27(24-46)14-16-29)33-12-6-11-32(22-33)31-10-5-7-28(21-31)23-41-38(48)30-8-3-2-4-9-30/h2-22,26,36-37,39,46-47H,23-25H2,1H3,(H,41,48). The molecule has 0 radical (unpaired) electrons. The smallest absolute Gasteiger partial charge is 0.251 e. The van der Waals surface area contributed by atoms with E-state index in [2.05, 4.69) is 52.0 Å². The van der Waals surface area contributed by atoms with E-state index in [9.17, 15) is 15.0 Å². The van der Waals surface area contributed by atoms with Crippen LogP contribution >= 0.6 is 11.8 Å². The maximum atomic E-state index is 12.6. The molecule has 0 bridgehead atoms. The van der Waals surface area contributed by atoms with Crippen LogP contribution in [-0.2, 0) is 22.6 Å². The van der Waals surface area contributed by atoms with Crippen LogP contribution in [0.5, 0.6) is 5.75 Å². The van der Waals surface area contributed by atoms with E-state index in [1.807, 2.05) is 66.7 Å². The van der Waals surface area contributed by atoms with Gasteiger partial charge in [-0.1, -0.05) is 97.5 Å². The highest BCUT2D eigenvalue weighted by Gasteiger charge is 2.38. The molecule has 6 aromatic rings. The number of amides is 1. The van der Waals surface area contributed by atoms with Gasteiger partial charge < -0.3 is 25.0 Å². The van der Waals surface area contributed by atoms with Gasteiger partial charge in [-0.25, -0.2) is 0 Å². The second-order valence-corrected chi connectivity index (χ2v) is 13.4. The van der Waals surface area contributed by atoms with E-state index in [4.69, 9.17) is 9.47 Å². The number of nitrogens with zero attached hydrogens (tertiary/aromatic N) is 4. The predicted octanol–water partition coefficient (Wildman–Crippen LogP) is 7.04. The van der Waals surface area contributed by atoms with Crippen molar-refractivity contribution < 1.29 is 24.5 Å². The minimum absolute atomic E-state index is 0.0299. The molecule has 1 aromatic heterocycles. The second-order valence-electron chi connectivity index (χ2n) is 12.4. The van der Waals surface area contributed by atoms with Gasteiger partial charge in [0.25, 0.3) is 5.91 Å². The lowest BCUT2D eigenvalue weighted by molar-refractivity contribution is -0.268. The van der Waals surface area contributed by atoms with Gasteiger partial charge in [-0.05, 0) is 86.8 Å². The first-order valence-electron chi connectivity index (χ1n) is 16.7. The maximum absolute atomic E-state index is 12.6. The molecule has 258 valence electrons. The second kappa shape index (κ2) is 15.7. The van der Waals surface area contributed by atoms with Gasteiger partial charge in [0.1, 0.15) is 5.75 Å². The molecule has 5 aromatic carbocycles. The lowest BCUT2D eigenvalue weighted by Gasteiger charge is -2.41. The quantitative estimate of drug-likeness (QED) is 0.122. The van der Waals surface area contributed by atoms with Gasteiger partial charge in [-0.2, -0.15) is 4.68 Å². The van der Waals surface area contributed by atoms with Crippen molar-refractivity contribution in [1.82, 2.24) is 25.5 Å². The van der Waals surface area contributed by atoms with Crippen LogP contribution in [0.4, 0.5) is 0 Å². The molecular weight excluding hydrogens is 663 g/mol. The van der Waals surface area contributed by atoms with Crippen molar-refractivity contribution >= 4 is 17.7 Å².